The lowest BCUT2D eigenvalue weighted by Gasteiger charge is -2.15. The van der Waals surface area contributed by atoms with Crippen molar-refractivity contribution < 1.29 is 28.0 Å². The van der Waals surface area contributed by atoms with Gasteiger partial charge in [0.2, 0.25) is 10.0 Å². The van der Waals surface area contributed by atoms with Crippen LogP contribution in [-0.2, 0) is 16.6 Å². The van der Waals surface area contributed by atoms with Gasteiger partial charge in [-0.1, -0.05) is 12.1 Å². The number of aromatic carboxylic acids is 1. The van der Waals surface area contributed by atoms with Gasteiger partial charge in [0.15, 0.2) is 5.75 Å². The fourth-order valence-electron chi connectivity index (χ4n) is 2.34. The summed E-state index contributed by atoms with van der Waals surface area (Å²) in [6.45, 7) is 1.40. The van der Waals surface area contributed by atoms with E-state index in [0.717, 1.165) is 10.4 Å². The number of carboxylic acid groups (broad SMARTS) is 1. The number of nitrogens with zero attached hydrogens (tertiary/aromatic N) is 2. The average Bonchev–Trinajstić information content (AvgIpc) is 2.59. The summed E-state index contributed by atoms with van der Waals surface area (Å²) in [4.78, 5) is 21.5. The van der Waals surface area contributed by atoms with Crippen LogP contribution in [0.25, 0.3) is 0 Å². The maximum absolute atomic E-state index is 12.3. The second-order valence-corrected chi connectivity index (χ2v) is 8.04. The van der Waals surface area contributed by atoms with Crippen molar-refractivity contribution in [2.45, 2.75) is 18.4 Å². The van der Waals surface area contributed by atoms with Crippen molar-refractivity contribution in [1.82, 2.24) is 4.31 Å². The predicted octanol–water partition coefficient (Wildman–Crippen LogP) is 2.43. The van der Waals surface area contributed by atoms with Gasteiger partial charge >= 0.3 is 11.7 Å². The Morgan fingerprint density at radius 1 is 1.26 bits per heavy atom. The minimum atomic E-state index is -3.85. The highest BCUT2D eigenvalue weighted by Gasteiger charge is 2.26. The van der Waals surface area contributed by atoms with Crippen LogP contribution in [0, 0.1) is 17.0 Å². The van der Waals surface area contributed by atoms with E-state index >= 15 is 0 Å². The molecule has 0 atom stereocenters. The van der Waals surface area contributed by atoms with E-state index in [-0.39, 0.29) is 22.8 Å². The van der Waals surface area contributed by atoms with E-state index in [1.54, 1.807) is 6.07 Å². The van der Waals surface area contributed by atoms with E-state index in [4.69, 9.17) is 9.84 Å². The Morgan fingerprint density at radius 3 is 2.48 bits per heavy atom. The molecule has 0 aliphatic rings. The second-order valence-electron chi connectivity index (χ2n) is 5.92. The van der Waals surface area contributed by atoms with E-state index < -0.39 is 26.6 Å². The smallest absolute Gasteiger partial charge is 0.335 e. The quantitative estimate of drug-likeness (QED) is 0.564. The monoisotopic (exact) mass is 394 g/mol. The second kappa shape index (κ2) is 7.72. The van der Waals surface area contributed by atoms with Crippen LogP contribution in [-0.4, -0.2) is 42.8 Å². The molecule has 10 heteroatoms. The highest BCUT2D eigenvalue weighted by molar-refractivity contribution is 7.89. The number of nitro groups is 1. The largest absolute Gasteiger partial charge is 0.482 e. The molecule has 0 fully saturated rings. The molecule has 2 aromatic carbocycles. The van der Waals surface area contributed by atoms with E-state index in [9.17, 15) is 23.3 Å². The maximum Gasteiger partial charge on any atom is 0.335 e. The number of ether oxygens (including phenoxy) is 1. The van der Waals surface area contributed by atoms with Crippen molar-refractivity contribution in [1.29, 1.82) is 0 Å². The molecule has 2 rings (SSSR count). The summed E-state index contributed by atoms with van der Waals surface area (Å²) in [6, 6.07) is 8.22. The minimum absolute atomic E-state index is 0.0641. The average molecular weight is 394 g/mol. The van der Waals surface area contributed by atoms with Gasteiger partial charge in [-0.2, -0.15) is 0 Å². The summed E-state index contributed by atoms with van der Waals surface area (Å²) in [5.74, 6) is -1.20. The van der Waals surface area contributed by atoms with Crippen LogP contribution in [0.3, 0.4) is 0 Å². The number of nitro benzene ring substituents is 1. The van der Waals surface area contributed by atoms with Crippen LogP contribution in [0.15, 0.2) is 41.3 Å². The lowest BCUT2D eigenvalue weighted by molar-refractivity contribution is -0.386. The van der Waals surface area contributed by atoms with Crippen LogP contribution < -0.4 is 4.74 Å². The summed E-state index contributed by atoms with van der Waals surface area (Å²) >= 11 is 0. The third kappa shape index (κ3) is 4.41. The van der Waals surface area contributed by atoms with Crippen molar-refractivity contribution in [3.05, 3.63) is 63.2 Å². The van der Waals surface area contributed by atoms with Gasteiger partial charge in [0, 0.05) is 20.2 Å². The number of rotatable bonds is 7. The third-order valence-corrected chi connectivity index (χ3v) is 5.74. The highest BCUT2D eigenvalue weighted by atomic mass is 32.2. The van der Waals surface area contributed by atoms with Gasteiger partial charge in [-0.25, -0.2) is 17.5 Å². The first kappa shape index (κ1) is 20.3. The van der Waals surface area contributed by atoms with Crippen LogP contribution >= 0.6 is 0 Å². The van der Waals surface area contributed by atoms with Gasteiger partial charge in [-0.05, 0) is 36.2 Å². The first-order valence-electron chi connectivity index (χ1n) is 7.70. The number of hydrogen-bond donors (Lipinski definition) is 1. The first-order chi connectivity index (χ1) is 12.5. The Kier molecular flexibility index (Phi) is 5.82. The predicted molar refractivity (Wildman–Crippen MR) is 96.4 cm³/mol. The normalized spacial score (nSPS) is 11.4. The van der Waals surface area contributed by atoms with Crippen molar-refractivity contribution >= 4 is 21.7 Å². The topological polar surface area (TPSA) is 127 Å². The summed E-state index contributed by atoms with van der Waals surface area (Å²) in [5, 5.41) is 20.4. The van der Waals surface area contributed by atoms with Gasteiger partial charge in [0.25, 0.3) is 0 Å². The molecule has 9 nitrogen and oxygen atoms in total. The number of sulfonamides is 1. The van der Waals surface area contributed by atoms with Crippen LogP contribution in [0.4, 0.5) is 5.69 Å². The lowest BCUT2D eigenvalue weighted by Crippen LogP contribution is -2.23. The summed E-state index contributed by atoms with van der Waals surface area (Å²) < 4.78 is 31.1. The summed E-state index contributed by atoms with van der Waals surface area (Å²) in [5.41, 5.74) is 0.375. The fraction of sp³-hybridized carbons (Fsp3) is 0.235. The molecule has 144 valence electrons. The zero-order chi connectivity index (χ0) is 20.4. The summed E-state index contributed by atoms with van der Waals surface area (Å²) in [7, 11) is -1.19. The van der Waals surface area contributed by atoms with E-state index in [0.29, 0.717) is 11.1 Å². The molecule has 0 aliphatic carbocycles. The fourth-order valence-corrected chi connectivity index (χ4v) is 3.46. The van der Waals surface area contributed by atoms with E-state index in [1.165, 1.54) is 45.3 Å². The van der Waals surface area contributed by atoms with Crippen LogP contribution in [0.5, 0.6) is 5.75 Å². The number of carbonyl (C=O) groups is 1. The van der Waals surface area contributed by atoms with E-state index in [1.807, 2.05) is 0 Å². The summed E-state index contributed by atoms with van der Waals surface area (Å²) in [6.07, 6.45) is 0. The molecule has 1 N–H and O–H groups in total. The molecule has 0 unspecified atom stereocenters. The number of hydrogen-bond acceptors (Lipinski definition) is 6. The minimum Gasteiger partial charge on any atom is -0.482 e. The van der Waals surface area contributed by atoms with Crippen molar-refractivity contribution in [2.75, 3.05) is 14.1 Å². The Morgan fingerprint density at radius 2 is 1.93 bits per heavy atom. The van der Waals surface area contributed by atoms with E-state index in [2.05, 4.69) is 0 Å². The van der Waals surface area contributed by atoms with Gasteiger partial charge in [-0.3, -0.25) is 10.1 Å². The van der Waals surface area contributed by atoms with Gasteiger partial charge in [0.05, 0.1) is 15.4 Å². The Bertz CT molecular complexity index is 1000. The number of benzene rings is 2. The lowest BCUT2D eigenvalue weighted by atomic mass is 10.1. The molecule has 0 bridgehead atoms. The first-order valence-corrected chi connectivity index (χ1v) is 9.14. The van der Waals surface area contributed by atoms with Gasteiger partial charge < -0.3 is 9.84 Å². The molecule has 0 radical (unpaired) electrons. The maximum atomic E-state index is 12.3. The molecular formula is C17H18N2O7S. The molecule has 0 aliphatic heterocycles. The highest BCUT2D eigenvalue weighted by Crippen LogP contribution is 2.33. The van der Waals surface area contributed by atoms with Gasteiger partial charge in [0.1, 0.15) is 6.61 Å². The molecular weight excluding hydrogens is 376 g/mol. The van der Waals surface area contributed by atoms with Crippen molar-refractivity contribution in [3.63, 3.8) is 0 Å². The molecule has 0 heterocycles. The molecule has 27 heavy (non-hydrogen) atoms. The number of carboxylic acids is 1. The van der Waals surface area contributed by atoms with Gasteiger partial charge in [-0.15, -0.1) is 0 Å². The molecule has 0 aromatic heterocycles. The van der Waals surface area contributed by atoms with Crippen molar-refractivity contribution in [3.8, 4) is 5.75 Å². The third-order valence-electron chi connectivity index (χ3n) is 3.78. The Balaban J connectivity index is 2.40. The van der Waals surface area contributed by atoms with Crippen LogP contribution in [0.1, 0.15) is 21.5 Å². The standard InChI is InChI=1S/C17H18N2O7S/c1-11-7-15(26-10-12-5-4-6-13(8-12)17(20)21)14(19(22)23)9-16(11)27(24,25)18(2)3/h4-9H,10H2,1-3H3,(H,20,21). The molecule has 2 aromatic rings. The zero-order valence-electron chi connectivity index (χ0n) is 14.9. The number of aryl methyl sites for hydroxylation is 1. The molecule has 0 amide bonds. The Labute approximate surface area is 156 Å². The van der Waals surface area contributed by atoms with Crippen molar-refractivity contribution in [2.24, 2.45) is 0 Å². The molecule has 0 saturated carbocycles. The Hall–Kier alpha value is -2.98. The zero-order valence-corrected chi connectivity index (χ0v) is 15.7. The van der Waals surface area contributed by atoms with Crippen LogP contribution in [0.2, 0.25) is 0 Å². The molecule has 0 spiro atoms. The SMILES string of the molecule is Cc1cc(OCc2cccc(C(=O)O)c2)c([N+](=O)[O-])cc1S(=O)(=O)N(C)C. The molecule has 0 saturated heterocycles.